The summed E-state index contributed by atoms with van der Waals surface area (Å²) >= 11 is 7.66. The zero-order valence-corrected chi connectivity index (χ0v) is 20.4. The van der Waals surface area contributed by atoms with E-state index in [1.54, 1.807) is 29.2 Å². The van der Waals surface area contributed by atoms with Gasteiger partial charge in [-0.1, -0.05) is 53.6 Å². The molecule has 34 heavy (non-hydrogen) atoms. The maximum Gasteiger partial charge on any atom is 0.209 e. The molecule has 1 saturated heterocycles. The van der Waals surface area contributed by atoms with Gasteiger partial charge < -0.3 is 19.7 Å². The van der Waals surface area contributed by atoms with Crippen LogP contribution in [-0.4, -0.2) is 39.5 Å². The van der Waals surface area contributed by atoms with Gasteiger partial charge in [0.05, 0.1) is 22.3 Å². The van der Waals surface area contributed by atoms with Gasteiger partial charge in [-0.15, -0.1) is 0 Å². The van der Waals surface area contributed by atoms with Gasteiger partial charge in [0.15, 0.2) is 0 Å². The molecule has 1 aromatic heterocycles. The highest BCUT2D eigenvalue weighted by Crippen LogP contribution is 2.36. The first kappa shape index (κ1) is 24.1. The van der Waals surface area contributed by atoms with E-state index in [4.69, 9.17) is 11.6 Å². The Bertz CT molecular complexity index is 1240. The minimum absolute atomic E-state index is 0.537. The second-order valence-electron chi connectivity index (χ2n) is 8.28. The molecule has 2 heterocycles. The molecule has 0 spiro atoms. The fourth-order valence-corrected chi connectivity index (χ4v) is 4.94. The maximum absolute atomic E-state index is 10.6. The average molecular weight is 495 g/mol. The summed E-state index contributed by atoms with van der Waals surface area (Å²) in [4.78, 5) is 20.8. The van der Waals surface area contributed by atoms with Gasteiger partial charge in [0, 0.05) is 29.4 Å². The van der Waals surface area contributed by atoms with Crippen LogP contribution in [0.25, 0.3) is 11.0 Å². The predicted molar refractivity (Wildman–Crippen MR) is 139 cm³/mol. The molecule has 1 aliphatic heterocycles. The van der Waals surface area contributed by atoms with E-state index in [0.717, 1.165) is 33.6 Å². The topological polar surface area (TPSA) is 81.2 Å². The molecule has 1 amide bonds. The van der Waals surface area contributed by atoms with Crippen LogP contribution in [0.15, 0.2) is 78.0 Å². The van der Waals surface area contributed by atoms with Gasteiger partial charge in [0.1, 0.15) is 5.52 Å². The van der Waals surface area contributed by atoms with Gasteiger partial charge in [-0.05, 0) is 62.0 Å². The summed E-state index contributed by atoms with van der Waals surface area (Å²) in [7, 11) is 0. The number of carbonyl (C=O) groups is 1. The van der Waals surface area contributed by atoms with Crippen LogP contribution in [0.1, 0.15) is 24.0 Å². The van der Waals surface area contributed by atoms with Crippen LogP contribution in [0.3, 0.4) is 0 Å². The Morgan fingerprint density at radius 3 is 2.53 bits per heavy atom. The Balaban J connectivity index is 0.000000162. The summed E-state index contributed by atoms with van der Waals surface area (Å²) in [6.07, 6.45) is 3.62. The van der Waals surface area contributed by atoms with Crippen LogP contribution < -0.4 is 4.72 Å². The number of amides is 1. The van der Waals surface area contributed by atoms with Crippen molar-refractivity contribution in [3.8, 4) is 0 Å². The third-order valence-corrected chi connectivity index (χ3v) is 7.11. The van der Waals surface area contributed by atoms with Crippen LogP contribution in [0, 0.1) is 6.92 Å². The van der Waals surface area contributed by atoms with Gasteiger partial charge in [-0.3, -0.25) is 4.79 Å². The van der Waals surface area contributed by atoms with E-state index in [2.05, 4.69) is 51.9 Å². The highest BCUT2D eigenvalue weighted by atomic mass is 35.5. The number of fused-ring (bicyclic) bond motifs is 1. The summed E-state index contributed by atoms with van der Waals surface area (Å²) in [5.41, 5.74) is 4.30. The largest absolute Gasteiger partial charge is 0.385 e. The molecule has 0 unspecified atom stereocenters. The summed E-state index contributed by atoms with van der Waals surface area (Å²) in [6, 6.07) is 21.8. The van der Waals surface area contributed by atoms with Gasteiger partial charge in [-0.25, -0.2) is 4.98 Å². The molecule has 8 heteroatoms. The van der Waals surface area contributed by atoms with Crippen molar-refractivity contribution < 1.29 is 9.90 Å². The zero-order valence-electron chi connectivity index (χ0n) is 18.9. The monoisotopic (exact) mass is 494 g/mol. The average Bonchev–Trinajstić information content (AvgIpc) is 3.35. The van der Waals surface area contributed by atoms with Crippen LogP contribution in [0.5, 0.6) is 0 Å². The zero-order chi connectivity index (χ0) is 24.0. The SMILES string of the molecule is Cc1ccc(NSc2cccc3[nH]cnc23)cc1.O=CN1CCC(O)(c2ccccc2Cl)CC1. The quantitative estimate of drug-likeness (QED) is 0.242. The lowest BCUT2D eigenvalue weighted by Gasteiger charge is -2.37. The molecule has 4 aromatic rings. The number of anilines is 1. The molecule has 3 aromatic carbocycles. The second-order valence-corrected chi connectivity index (χ2v) is 9.53. The molecular weight excluding hydrogens is 468 g/mol. The van der Waals surface area contributed by atoms with Crippen LogP contribution in [0.4, 0.5) is 5.69 Å². The number of piperidine rings is 1. The highest BCUT2D eigenvalue weighted by Gasteiger charge is 2.34. The third-order valence-electron chi connectivity index (χ3n) is 5.89. The van der Waals surface area contributed by atoms with E-state index in [1.165, 1.54) is 5.56 Å². The van der Waals surface area contributed by atoms with Crippen LogP contribution >= 0.6 is 23.5 Å². The number of H-pyrrole nitrogens is 1. The smallest absolute Gasteiger partial charge is 0.209 e. The Morgan fingerprint density at radius 1 is 1.09 bits per heavy atom. The number of imidazole rings is 1. The molecule has 5 rings (SSSR count). The van der Waals surface area contributed by atoms with E-state index in [9.17, 15) is 9.90 Å². The Morgan fingerprint density at radius 2 is 1.82 bits per heavy atom. The fraction of sp³-hybridized carbons (Fsp3) is 0.231. The summed E-state index contributed by atoms with van der Waals surface area (Å²) < 4.78 is 3.33. The van der Waals surface area contributed by atoms with E-state index in [1.807, 2.05) is 30.3 Å². The molecule has 0 atom stereocenters. The van der Waals surface area contributed by atoms with Crippen molar-refractivity contribution in [2.75, 3.05) is 17.8 Å². The van der Waals surface area contributed by atoms with Gasteiger partial charge in [0.25, 0.3) is 0 Å². The number of likely N-dealkylation sites (tertiary alicyclic amines) is 1. The number of hydrogen-bond acceptors (Lipinski definition) is 5. The Labute approximate surface area is 208 Å². The van der Waals surface area contributed by atoms with E-state index in [0.29, 0.717) is 31.0 Å². The van der Waals surface area contributed by atoms with E-state index >= 15 is 0 Å². The lowest BCUT2D eigenvalue weighted by molar-refractivity contribution is -0.122. The van der Waals surface area contributed by atoms with Crippen molar-refractivity contribution in [1.29, 1.82) is 0 Å². The maximum atomic E-state index is 10.6. The van der Waals surface area contributed by atoms with Crippen molar-refractivity contribution in [1.82, 2.24) is 14.9 Å². The molecule has 0 bridgehead atoms. The number of benzene rings is 3. The van der Waals surface area contributed by atoms with Crippen molar-refractivity contribution in [3.05, 3.63) is 89.2 Å². The number of aliphatic hydroxyl groups is 1. The molecule has 6 nitrogen and oxygen atoms in total. The molecule has 1 fully saturated rings. The number of aromatic nitrogens is 2. The first-order valence-corrected chi connectivity index (χ1v) is 12.3. The molecule has 0 saturated carbocycles. The minimum atomic E-state index is -0.891. The Kier molecular flexibility index (Phi) is 7.77. The summed E-state index contributed by atoms with van der Waals surface area (Å²) in [5, 5.41) is 11.1. The number of nitrogens with zero attached hydrogens (tertiary/aromatic N) is 2. The number of hydrogen-bond donors (Lipinski definition) is 3. The number of halogens is 1. The standard InChI is InChI=1S/C14H13N3S.C12H14ClNO2/c1-10-5-7-11(8-6-10)17-18-13-4-2-3-12-14(13)16-9-15-12;13-11-4-2-1-3-10(11)12(16)5-7-14(9-15)8-6-12/h2-9,17H,1H3,(H,15,16);1-4,9,16H,5-8H2. The first-order valence-electron chi connectivity index (χ1n) is 11.1. The molecular formula is C26H27ClN4O2S. The molecule has 0 aliphatic carbocycles. The number of aromatic amines is 1. The van der Waals surface area contributed by atoms with Crippen molar-refractivity contribution >= 4 is 46.7 Å². The second kappa shape index (κ2) is 11.0. The van der Waals surface area contributed by atoms with Gasteiger partial charge in [-0.2, -0.15) is 0 Å². The number of para-hydroxylation sites is 1. The summed E-state index contributed by atoms with van der Waals surface area (Å²) in [6.45, 7) is 3.23. The molecule has 1 aliphatic rings. The van der Waals surface area contributed by atoms with Gasteiger partial charge in [0.2, 0.25) is 6.41 Å². The summed E-state index contributed by atoms with van der Waals surface area (Å²) in [5.74, 6) is 0. The van der Waals surface area contributed by atoms with Gasteiger partial charge >= 0.3 is 0 Å². The number of aryl methyl sites for hydroxylation is 1. The lowest BCUT2D eigenvalue weighted by atomic mass is 9.84. The normalized spacial score (nSPS) is 14.9. The van der Waals surface area contributed by atoms with Crippen molar-refractivity contribution in [3.63, 3.8) is 0 Å². The predicted octanol–water partition coefficient (Wildman–Crippen LogP) is 5.77. The first-order chi connectivity index (χ1) is 16.5. The molecule has 3 N–H and O–H groups in total. The molecule has 176 valence electrons. The third kappa shape index (κ3) is 5.73. The number of rotatable bonds is 5. The molecule has 0 radical (unpaired) electrons. The lowest BCUT2D eigenvalue weighted by Crippen LogP contribution is -2.42. The van der Waals surface area contributed by atoms with Crippen molar-refractivity contribution in [2.45, 2.75) is 30.3 Å². The van der Waals surface area contributed by atoms with Crippen LogP contribution in [-0.2, 0) is 10.4 Å². The highest BCUT2D eigenvalue weighted by molar-refractivity contribution is 8.00. The van der Waals surface area contributed by atoms with Crippen LogP contribution in [0.2, 0.25) is 5.02 Å². The fourth-order valence-electron chi connectivity index (χ4n) is 3.86. The van der Waals surface area contributed by atoms with Crippen molar-refractivity contribution in [2.24, 2.45) is 0 Å². The Hall–Kier alpha value is -3.00. The number of carbonyl (C=O) groups excluding carboxylic acids is 1. The minimum Gasteiger partial charge on any atom is -0.385 e. The van der Waals surface area contributed by atoms with E-state index < -0.39 is 5.60 Å². The number of nitrogens with one attached hydrogen (secondary N) is 2. The van der Waals surface area contributed by atoms with E-state index in [-0.39, 0.29) is 0 Å².